The number of hydrogen-bond donors (Lipinski definition) is 3. The minimum atomic E-state index is -1.25. The van der Waals surface area contributed by atoms with Gasteiger partial charge in [0.25, 0.3) is 5.91 Å². The molecule has 1 fully saturated rings. The van der Waals surface area contributed by atoms with Crippen molar-refractivity contribution in [2.45, 2.75) is 52.5 Å². The Bertz CT molecular complexity index is 775. The Hall–Kier alpha value is -2.90. The SMILES string of the molecule is CCCc1ccc([C@]2(C)NC(=O)N(CC(=O)NC(=O)NCCC(C)C)C2=O)cc1. The molecule has 0 saturated carbocycles. The predicted molar refractivity (Wildman–Crippen MR) is 109 cm³/mol. The van der Waals surface area contributed by atoms with Crippen molar-refractivity contribution in [3.8, 4) is 0 Å². The fourth-order valence-corrected chi connectivity index (χ4v) is 3.16. The Kier molecular flexibility index (Phi) is 7.36. The summed E-state index contributed by atoms with van der Waals surface area (Å²) in [7, 11) is 0. The maximum absolute atomic E-state index is 12.9. The van der Waals surface area contributed by atoms with Crippen LogP contribution in [0.4, 0.5) is 9.59 Å². The summed E-state index contributed by atoms with van der Waals surface area (Å²) in [6, 6.07) is 6.19. The van der Waals surface area contributed by atoms with Gasteiger partial charge < -0.3 is 10.6 Å². The van der Waals surface area contributed by atoms with Gasteiger partial charge in [0.1, 0.15) is 12.1 Å². The van der Waals surface area contributed by atoms with Gasteiger partial charge in [0.05, 0.1) is 0 Å². The third-order valence-corrected chi connectivity index (χ3v) is 4.91. The van der Waals surface area contributed by atoms with E-state index in [9.17, 15) is 19.2 Å². The smallest absolute Gasteiger partial charge is 0.325 e. The highest BCUT2D eigenvalue weighted by Gasteiger charge is 2.49. The molecule has 1 aliphatic rings. The largest absolute Gasteiger partial charge is 0.338 e. The Morgan fingerprint density at radius 2 is 1.83 bits per heavy atom. The fraction of sp³-hybridized carbons (Fsp3) is 0.524. The van der Waals surface area contributed by atoms with Crippen LogP contribution >= 0.6 is 0 Å². The third-order valence-electron chi connectivity index (χ3n) is 4.91. The van der Waals surface area contributed by atoms with Gasteiger partial charge in [-0.05, 0) is 36.8 Å². The van der Waals surface area contributed by atoms with Gasteiger partial charge in [0.15, 0.2) is 0 Å². The lowest BCUT2D eigenvalue weighted by Crippen LogP contribution is -2.47. The monoisotopic (exact) mass is 402 g/mol. The Morgan fingerprint density at radius 1 is 1.17 bits per heavy atom. The van der Waals surface area contributed by atoms with Crippen molar-refractivity contribution in [3.05, 3.63) is 35.4 Å². The topological polar surface area (TPSA) is 108 Å². The molecule has 0 aromatic heterocycles. The van der Waals surface area contributed by atoms with E-state index in [4.69, 9.17) is 0 Å². The summed E-state index contributed by atoms with van der Waals surface area (Å²) in [5.41, 5.74) is 0.545. The molecule has 8 nitrogen and oxygen atoms in total. The van der Waals surface area contributed by atoms with Gasteiger partial charge in [0.2, 0.25) is 5.91 Å². The number of urea groups is 2. The van der Waals surface area contributed by atoms with Crippen molar-refractivity contribution in [3.63, 3.8) is 0 Å². The molecule has 0 bridgehead atoms. The summed E-state index contributed by atoms with van der Waals surface area (Å²) >= 11 is 0. The van der Waals surface area contributed by atoms with Crippen molar-refractivity contribution in [1.82, 2.24) is 20.9 Å². The number of nitrogens with zero attached hydrogens (tertiary/aromatic N) is 1. The van der Waals surface area contributed by atoms with E-state index in [1.54, 1.807) is 6.92 Å². The highest BCUT2D eigenvalue weighted by molar-refractivity contribution is 6.10. The summed E-state index contributed by atoms with van der Waals surface area (Å²) in [4.78, 5) is 49.9. The molecule has 1 saturated heterocycles. The molecule has 1 aliphatic heterocycles. The van der Waals surface area contributed by atoms with E-state index in [0.717, 1.165) is 29.7 Å². The normalized spacial score (nSPS) is 18.7. The number of benzene rings is 1. The highest BCUT2D eigenvalue weighted by Crippen LogP contribution is 2.29. The number of carbonyl (C=O) groups is 4. The molecule has 1 aromatic carbocycles. The number of imide groups is 2. The number of nitrogens with one attached hydrogen (secondary N) is 3. The van der Waals surface area contributed by atoms with Gasteiger partial charge in [-0.2, -0.15) is 0 Å². The molecule has 158 valence electrons. The summed E-state index contributed by atoms with van der Waals surface area (Å²) in [6.07, 6.45) is 2.73. The maximum atomic E-state index is 12.9. The average Bonchev–Trinajstić information content (AvgIpc) is 2.86. The number of hydrogen-bond acceptors (Lipinski definition) is 4. The molecule has 0 radical (unpaired) electrons. The van der Waals surface area contributed by atoms with E-state index in [1.165, 1.54) is 0 Å². The number of aryl methyl sites for hydroxylation is 1. The summed E-state index contributed by atoms with van der Waals surface area (Å²) in [6.45, 7) is 7.66. The Balaban J connectivity index is 1.99. The summed E-state index contributed by atoms with van der Waals surface area (Å²) in [5, 5.41) is 7.38. The lowest BCUT2D eigenvalue weighted by molar-refractivity contribution is -0.134. The number of carbonyl (C=O) groups excluding carboxylic acids is 4. The average molecular weight is 402 g/mol. The van der Waals surface area contributed by atoms with Gasteiger partial charge in [-0.25, -0.2) is 9.59 Å². The van der Waals surface area contributed by atoms with Crippen molar-refractivity contribution in [1.29, 1.82) is 0 Å². The van der Waals surface area contributed by atoms with Crippen LogP contribution in [0.15, 0.2) is 24.3 Å². The predicted octanol–water partition coefficient (Wildman–Crippen LogP) is 2.28. The first kappa shape index (κ1) is 22.4. The second-order valence-corrected chi connectivity index (χ2v) is 7.88. The Morgan fingerprint density at radius 3 is 2.41 bits per heavy atom. The molecule has 8 heteroatoms. The molecular weight excluding hydrogens is 372 g/mol. The fourth-order valence-electron chi connectivity index (χ4n) is 3.16. The molecule has 1 aromatic rings. The quantitative estimate of drug-likeness (QED) is 0.580. The van der Waals surface area contributed by atoms with Gasteiger partial charge in [0, 0.05) is 6.54 Å². The van der Waals surface area contributed by atoms with Crippen LogP contribution in [-0.4, -0.2) is 41.9 Å². The molecule has 6 amide bonds. The molecule has 29 heavy (non-hydrogen) atoms. The minimum Gasteiger partial charge on any atom is -0.338 e. The van der Waals surface area contributed by atoms with Gasteiger partial charge >= 0.3 is 12.1 Å². The van der Waals surface area contributed by atoms with E-state index in [0.29, 0.717) is 18.0 Å². The van der Waals surface area contributed by atoms with Crippen LogP contribution in [0.25, 0.3) is 0 Å². The first-order valence-electron chi connectivity index (χ1n) is 9.98. The zero-order valence-electron chi connectivity index (χ0n) is 17.5. The van der Waals surface area contributed by atoms with Gasteiger partial charge in [-0.1, -0.05) is 51.5 Å². The molecule has 1 atom stereocenters. The third kappa shape index (κ3) is 5.56. The van der Waals surface area contributed by atoms with Crippen LogP contribution in [0.1, 0.15) is 51.7 Å². The lowest BCUT2D eigenvalue weighted by atomic mass is 9.91. The van der Waals surface area contributed by atoms with Crippen LogP contribution in [0.5, 0.6) is 0 Å². The van der Waals surface area contributed by atoms with Crippen molar-refractivity contribution >= 4 is 23.9 Å². The minimum absolute atomic E-state index is 0.422. The first-order chi connectivity index (χ1) is 13.7. The molecular formula is C21H30N4O4. The van der Waals surface area contributed by atoms with Crippen molar-refractivity contribution in [2.24, 2.45) is 5.92 Å². The number of amides is 6. The van der Waals surface area contributed by atoms with Crippen LogP contribution in [0.3, 0.4) is 0 Å². The zero-order chi connectivity index (χ0) is 21.6. The summed E-state index contributed by atoms with van der Waals surface area (Å²) in [5.74, 6) is -0.829. The second kappa shape index (κ2) is 9.54. The maximum Gasteiger partial charge on any atom is 0.325 e. The van der Waals surface area contributed by atoms with E-state index in [2.05, 4.69) is 22.9 Å². The molecule has 3 N–H and O–H groups in total. The van der Waals surface area contributed by atoms with E-state index in [-0.39, 0.29) is 0 Å². The molecule has 2 rings (SSSR count). The zero-order valence-corrected chi connectivity index (χ0v) is 17.5. The first-order valence-corrected chi connectivity index (χ1v) is 9.98. The van der Waals surface area contributed by atoms with Crippen molar-refractivity contribution < 1.29 is 19.2 Å². The molecule has 1 heterocycles. The number of rotatable bonds is 8. The lowest BCUT2D eigenvalue weighted by Gasteiger charge is -2.22. The molecule has 0 aliphatic carbocycles. The van der Waals surface area contributed by atoms with E-state index in [1.807, 2.05) is 38.1 Å². The van der Waals surface area contributed by atoms with Crippen LogP contribution < -0.4 is 16.0 Å². The molecule has 0 spiro atoms. The van der Waals surface area contributed by atoms with Crippen LogP contribution in [-0.2, 0) is 21.5 Å². The van der Waals surface area contributed by atoms with E-state index < -0.39 is 36.0 Å². The standard InChI is InChI=1S/C21H30N4O4/c1-5-6-15-7-9-16(10-8-15)21(4)18(27)25(20(29)24-21)13-17(26)23-19(28)22-12-11-14(2)3/h7-10,14H,5-6,11-13H2,1-4H3,(H,24,29)(H2,22,23,26,28)/t21-/m0/s1. The highest BCUT2D eigenvalue weighted by atomic mass is 16.2. The van der Waals surface area contributed by atoms with E-state index >= 15 is 0 Å². The van der Waals surface area contributed by atoms with Crippen LogP contribution in [0.2, 0.25) is 0 Å². The second-order valence-electron chi connectivity index (χ2n) is 7.88. The van der Waals surface area contributed by atoms with Crippen LogP contribution in [0, 0.1) is 5.92 Å². The van der Waals surface area contributed by atoms with Crippen molar-refractivity contribution in [2.75, 3.05) is 13.1 Å². The van der Waals surface area contributed by atoms with Gasteiger partial charge in [-0.3, -0.25) is 19.8 Å². The van der Waals surface area contributed by atoms with Gasteiger partial charge in [-0.15, -0.1) is 0 Å². The molecule has 0 unspecified atom stereocenters. The Labute approximate surface area is 171 Å². The summed E-state index contributed by atoms with van der Waals surface area (Å²) < 4.78 is 0.